The first-order chi connectivity index (χ1) is 14.4. The second-order valence-corrected chi connectivity index (χ2v) is 6.97. The number of aryl methyl sites for hydroxylation is 2. The molecule has 0 saturated carbocycles. The number of ether oxygens (including phenoxy) is 2. The van der Waals surface area contributed by atoms with Gasteiger partial charge in [-0.2, -0.15) is 0 Å². The third-order valence-corrected chi connectivity index (χ3v) is 4.99. The molecule has 1 heterocycles. The minimum absolute atomic E-state index is 0.370. The van der Waals surface area contributed by atoms with Crippen molar-refractivity contribution < 1.29 is 23.5 Å². The van der Waals surface area contributed by atoms with Gasteiger partial charge in [0.25, 0.3) is 5.91 Å². The minimum atomic E-state index is -0.572. The Labute approximate surface area is 175 Å². The van der Waals surface area contributed by atoms with Gasteiger partial charge in [0.2, 0.25) is 0 Å². The van der Waals surface area contributed by atoms with Crippen molar-refractivity contribution in [3.63, 3.8) is 0 Å². The molecular weight excluding hydrogens is 382 g/mol. The fourth-order valence-electron chi connectivity index (χ4n) is 3.30. The van der Waals surface area contributed by atoms with Crippen LogP contribution in [0.1, 0.15) is 44.6 Å². The summed E-state index contributed by atoms with van der Waals surface area (Å²) in [6, 6.07) is 16.7. The number of amides is 1. The average Bonchev–Trinajstić information content (AvgIpc) is 3.02. The molecule has 0 aliphatic heterocycles. The highest BCUT2D eigenvalue weighted by molar-refractivity contribution is 5.94. The molecule has 0 aliphatic carbocycles. The predicted octanol–water partition coefficient (Wildman–Crippen LogP) is 4.28. The Balaban J connectivity index is 1.72. The Hall–Kier alpha value is -3.54. The maximum Gasteiger partial charge on any atom is 0.342 e. The lowest BCUT2D eigenvalue weighted by atomic mass is 9.98. The molecule has 3 rings (SSSR count). The van der Waals surface area contributed by atoms with Crippen LogP contribution in [0.4, 0.5) is 0 Å². The molecule has 6 nitrogen and oxygen atoms in total. The summed E-state index contributed by atoms with van der Waals surface area (Å²) in [5, 5.41) is 2.95. The Bertz CT molecular complexity index is 1020. The zero-order valence-electron chi connectivity index (χ0n) is 17.5. The molecule has 0 radical (unpaired) electrons. The van der Waals surface area contributed by atoms with E-state index in [9.17, 15) is 9.59 Å². The number of carbonyl (C=O) groups is 2. The molecule has 6 heteroatoms. The fraction of sp³-hybridized carbons (Fsp3) is 0.250. The third-order valence-electron chi connectivity index (χ3n) is 4.99. The molecule has 0 saturated heterocycles. The topological polar surface area (TPSA) is 77.8 Å². The van der Waals surface area contributed by atoms with E-state index in [1.165, 1.54) is 0 Å². The largest absolute Gasteiger partial charge is 0.497 e. The SMILES string of the molecule is COc1ccc([C@@H](NC(=O)COC(=O)c2c(C)oc(C)c2C)c2ccccc2)cc1. The van der Waals surface area contributed by atoms with Crippen molar-refractivity contribution in [1.29, 1.82) is 0 Å². The Kier molecular flexibility index (Phi) is 6.57. The van der Waals surface area contributed by atoms with Crippen molar-refractivity contribution in [3.05, 3.63) is 88.4 Å². The van der Waals surface area contributed by atoms with E-state index in [0.29, 0.717) is 17.1 Å². The summed E-state index contributed by atoms with van der Waals surface area (Å²) in [5.74, 6) is 0.900. The van der Waals surface area contributed by atoms with Gasteiger partial charge in [0.1, 0.15) is 22.8 Å². The summed E-state index contributed by atoms with van der Waals surface area (Å²) in [4.78, 5) is 25.0. The number of furan rings is 1. The summed E-state index contributed by atoms with van der Waals surface area (Å²) < 4.78 is 15.9. The zero-order valence-corrected chi connectivity index (χ0v) is 17.5. The monoisotopic (exact) mass is 407 g/mol. The van der Waals surface area contributed by atoms with Gasteiger partial charge < -0.3 is 19.2 Å². The van der Waals surface area contributed by atoms with Gasteiger partial charge >= 0.3 is 5.97 Å². The van der Waals surface area contributed by atoms with Crippen molar-refractivity contribution >= 4 is 11.9 Å². The maximum atomic E-state index is 12.6. The van der Waals surface area contributed by atoms with Gasteiger partial charge in [0, 0.05) is 5.56 Å². The summed E-state index contributed by atoms with van der Waals surface area (Å²) in [7, 11) is 1.60. The first kappa shape index (κ1) is 21.2. The number of methoxy groups -OCH3 is 1. The molecule has 0 bridgehead atoms. The van der Waals surface area contributed by atoms with E-state index in [-0.39, 0.29) is 12.6 Å². The van der Waals surface area contributed by atoms with Gasteiger partial charge in [0.05, 0.1) is 13.2 Å². The number of rotatable bonds is 7. The molecule has 0 fully saturated rings. The number of hydrogen-bond acceptors (Lipinski definition) is 5. The predicted molar refractivity (Wildman–Crippen MR) is 113 cm³/mol. The molecule has 1 N–H and O–H groups in total. The molecule has 1 atom stereocenters. The highest BCUT2D eigenvalue weighted by Crippen LogP contribution is 2.24. The molecule has 3 aromatic rings. The van der Waals surface area contributed by atoms with Gasteiger partial charge in [0.15, 0.2) is 6.61 Å². The van der Waals surface area contributed by atoms with Crippen molar-refractivity contribution in [2.75, 3.05) is 13.7 Å². The average molecular weight is 407 g/mol. The van der Waals surface area contributed by atoms with Crippen LogP contribution in [0.3, 0.4) is 0 Å². The lowest BCUT2D eigenvalue weighted by molar-refractivity contribution is -0.124. The van der Waals surface area contributed by atoms with Crippen molar-refractivity contribution in [2.45, 2.75) is 26.8 Å². The lowest BCUT2D eigenvalue weighted by Gasteiger charge is -2.20. The molecule has 156 valence electrons. The summed E-state index contributed by atoms with van der Waals surface area (Å²) in [5.41, 5.74) is 2.90. The van der Waals surface area contributed by atoms with E-state index >= 15 is 0 Å². The number of hydrogen-bond donors (Lipinski definition) is 1. The maximum absolute atomic E-state index is 12.6. The number of carbonyl (C=O) groups excluding carboxylic acids is 2. The quantitative estimate of drug-likeness (QED) is 0.592. The van der Waals surface area contributed by atoms with Gasteiger partial charge in [-0.15, -0.1) is 0 Å². The number of esters is 1. The first-order valence-corrected chi connectivity index (χ1v) is 9.62. The highest BCUT2D eigenvalue weighted by atomic mass is 16.5. The number of nitrogens with one attached hydrogen (secondary N) is 1. The Morgan fingerprint density at radius 3 is 2.13 bits per heavy atom. The van der Waals surface area contributed by atoms with Crippen LogP contribution in [0, 0.1) is 20.8 Å². The van der Waals surface area contributed by atoms with Crippen LogP contribution in [0.2, 0.25) is 0 Å². The number of benzene rings is 2. The van der Waals surface area contributed by atoms with Crippen LogP contribution in [0.15, 0.2) is 59.0 Å². The Morgan fingerprint density at radius 1 is 0.933 bits per heavy atom. The van der Waals surface area contributed by atoms with Crippen molar-refractivity contribution in [2.24, 2.45) is 0 Å². The van der Waals surface area contributed by atoms with Crippen LogP contribution >= 0.6 is 0 Å². The van der Waals surface area contributed by atoms with Crippen LogP contribution in [0.25, 0.3) is 0 Å². The fourth-order valence-corrected chi connectivity index (χ4v) is 3.30. The molecular formula is C24H25NO5. The van der Waals surface area contributed by atoms with E-state index in [1.807, 2.05) is 54.6 Å². The van der Waals surface area contributed by atoms with Crippen molar-refractivity contribution in [1.82, 2.24) is 5.32 Å². The second kappa shape index (κ2) is 9.31. The third kappa shape index (κ3) is 4.71. The highest BCUT2D eigenvalue weighted by Gasteiger charge is 2.22. The first-order valence-electron chi connectivity index (χ1n) is 9.62. The lowest BCUT2D eigenvalue weighted by Crippen LogP contribution is -2.33. The van der Waals surface area contributed by atoms with Crippen molar-refractivity contribution in [3.8, 4) is 5.75 Å². The van der Waals surface area contributed by atoms with E-state index in [4.69, 9.17) is 13.9 Å². The molecule has 30 heavy (non-hydrogen) atoms. The zero-order chi connectivity index (χ0) is 21.7. The van der Waals surface area contributed by atoms with Crippen LogP contribution in [-0.4, -0.2) is 25.6 Å². The summed E-state index contributed by atoms with van der Waals surface area (Å²) >= 11 is 0. The van der Waals surface area contributed by atoms with Gasteiger partial charge in [-0.05, 0) is 44.0 Å². The standard InChI is InChI=1S/C24H25NO5/c1-15-16(2)30-17(3)22(15)24(27)29-14-21(26)25-23(18-8-6-5-7-9-18)19-10-12-20(28-4)13-11-19/h5-13,23H,14H2,1-4H3,(H,25,26)/t23-/m0/s1. The molecule has 1 aromatic heterocycles. The van der Waals surface area contributed by atoms with Crippen LogP contribution in [-0.2, 0) is 9.53 Å². The molecule has 1 amide bonds. The van der Waals surface area contributed by atoms with Gasteiger partial charge in [-0.1, -0.05) is 42.5 Å². The minimum Gasteiger partial charge on any atom is -0.497 e. The normalized spacial score (nSPS) is 11.6. The molecule has 0 spiro atoms. The smallest absolute Gasteiger partial charge is 0.342 e. The van der Waals surface area contributed by atoms with E-state index in [0.717, 1.165) is 22.4 Å². The van der Waals surface area contributed by atoms with E-state index in [2.05, 4.69) is 5.32 Å². The van der Waals surface area contributed by atoms with Gasteiger partial charge in [-0.25, -0.2) is 4.79 Å². The second-order valence-electron chi connectivity index (χ2n) is 6.97. The summed E-state index contributed by atoms with van der Waals surface area (Å²) in [6.07, 6.45) is 0. The molecule has 0 unspecified atom stereocenters. The van der Waals surface area contributed by atoms with Crippen LogP contribution < -0.4 is 10.1 Å². The summed E-state index contributed by atoms with van der Waals surface area (Å²) in [6.45, 7) is 4.88. The molecule has 0 aliphatic rings. The molecule has 2 aromatic carbocycles. The van der Waals surface area contributed by atoms with Crippen LogP contribution in [0.5, 0.6) is 5.75 Å². The Morgan fingerprint density at radius 2 is 1.57 bits per heavy atom. The van der Waals surface area contributed by atoms with Gasteiger partial charge in [-0.3, -0.25) is 4.79 Å². The van der Waals surface area contributed by atoms with E-state index < -0.39 is 11.9 Å². The van der Waals surface area contributed by atoms with E-state index in [1.54, 1.807) is 27.9 Å².